The minimum absolute atomic E-state index is 0.00152. The van der Waals surface area contributed by atoms with E-state index in [-0.39, 0.29) is 5.56 Å². The first-order chi connectivity index (χ1) is 9.22. The lowest BCUT2D eigenvalue weighted by Crippen LogP contribution is -2.15. The molecule has 2 N–H and O–H groups in total. The highest BCUT2D eigenvalue weighted by Crippen LogP contribution is 2.15. The Balaban J connectivity index is 1.77. The SMILES string of the molecule is Cn1cc(NCc2ccc3cc[nH]c3c2)ccc1=O. The summed E-state index contributed by atoms with van der Waals surface area (Å²) in [7, 11) is 1.75. The minimum Gasteiger partial charge on any atom is -0.380 e. The van der Waals surface area contributed by atoms with Crippen LogP contribution in [0.3, 0.4) is 0 Å². The topological polar surface area (TPSA) is 49.8 Å². The second-order valence-corrected chi connectivity index (χ2v) is 4.62. The third-order valence-corrected chi connectivity index (χ3v) is 3.20. The van der Waals surface area contributed by atoms with Crippen LogP contribution in [-0.2, 0) is 13.6 Å². The zero-order valence-electron chi connectivity index (χ0n) is 10.7. The Labute approximate surface area is 110 Å². The molecule has 96 valence electrons. The summed E-state index contributed by atoms with van der Waals surface area (Å²) in [6.45, 7) is 0.729. The number of benzene rings is 1. The normalized spacial score (nSPS) is 10.8. The molecule has 0 atom stereocenters. The van der Waals surface area contributed by atoms with E-state index in [0.717, 1.165) is 17.7 Å². The number of aromatic nitrogens is 2. The van der Waals surface area contributed by atoms with E-state index in [1.54, 1.807) is 29.9 Å². The number of hydrogen-bond donors (Lipinski definition) is 2. The predicted molar refractivity (Wildman–Crippen MR) is 77.3 cm³/mol. The molecule has 0 fully saturated rings. The van der Waals surface area contributed by atoms with Crippen molar-refractivity contribution in [3.8, 4) is 0 Å². The van der Waals surface area contributed by atoms with Gasteiger partial charge in [0.1, 0.15) is 0 Å². The molecule has 19 heavy (non-hydrogen) atoms. The largest absolute Gasteiger partial charge is 0.380 e. The molecule has 0 aliphatic heterocycles. The number of nitrogens with zero attached hydrogens (tertiary/aromatic N) is 1. The van der Waals surface area contributed by atoms with Gasteiger partial charge < -0.3 is 14.9 Å². The Hall–Kier alpha value is -2.49. The molecule has 0 spiro atoms. The highest BCUT2D eigenvalue weighted by Gasteiger charge is 1.99. The van der Waals surface area contributed by atoms with Crippen molar-refractivity contribution < 1.29 is 0 Å². The van der Waals surface area contributed by atoms with E-state index in [0.29, 0.717) is 0 Å². The van der Waals surface area contributed by atoms with Gasteiger partial charge in [-0.25, -0.2) is 0 Å². The zero-order valence-corrected chi connectivity index (χ0v) is 10.7. The Morgan fingerprint density at radius 1 is 1.21 bits per heavy atom. The number of H-pyrrole nitrogens is 1. The van der Waals surface area contributed by atoms with E-state index >= 15 is 0 Å². The van der Waals surface area contributed by atoms with Crippen molar-refractivity contribution in [2.75, 3.05) is 5.32 Å². The average Bonchev–Trinajstić information content (AvgIpc) is 2.87. The van der Waals surface area contributed by atoms with Crippen LogP contribution in [0, 0.1) is 0 Å². The molecular weight excluding hydrogens is 238 g/mol. The van der Waals surface area contributed by atoms with Gasteiger partial charge in [-0.3, -0.25) is 4.79 Å². The van der Waals surface area contributed by atoms with E-state index in [9.17, 15) is 4.79 Å². The Kier molecular flexibility index (Phi) is 2.83. The van der Waals surface area contributed by atoms with Crippen molar-refractivity contribution in [3.05, 3.63) is 64.7 Å². The lowest BCUT2D eigenvalue weighted by atomic mass is 10.1. The second-order valence-electron chi connectivity index (χ2n) is 4.62. The summed E-state index contributed by atoms with van der Waals surface area (Å²) in [4.78, 5) is 14.5. The summed E-state index contributed by atoms with van der Waals surface area (Å²) in [6.07, 6.45) is 3.74. The smallest absolute Gasteiger partial charge is 0.250 e. The molecule has 0 saturated heterocycles. The summed E-state index contributed by atoms with van der Waals surface area (Å²) in [6, 6.07) is 11.8. The quantitative estimate of drug-likeness (QED) is 0.753. The Morgan fingerprint density at radius 3 is 2.95 bits per heavy atom. The van der Waals surface area contributed by atoms with Gasteiger partial charge in [-0.15, -0.1) is 0 Å². The molecule has 2 aromatic heterocycles. The first-order valence-electron chi connectivity index (χ1n) is 6.19. The third-order valence-electron chi connectivity index (χ3n) is 3.20. The molecule has 2 heterocycles. The van der Waals surface area contributed by atoms with Gasteiger partial charge in [-0.05, 0) is 29.1 Å². The molecule has 0 radical (unpaired) electrons. The zero-order chi connectivity index (χ0) is 13.2. The second kappa shape index (κ2) is 4.65. The fraction of sp³-hybridized carbons (Fsp3) is 0.133. The summed E-state index contributed by atoms with van der Waals surface area (Å²) < 4.78 is 1.57. The van der Waals surface area contributed by atoms with Crippen LogP contribution in [0.5, 0.6) is 0 Å². The maximum atomic E-state index is 11.3. The number of pyridine rings is 1. The molecule has 4 nitrogen and oxygen atoms in total. The summed E-state index contributed by atoms with van der Waals surface area (Å²) >= 11 is 0. The molecule has 0 saturated carbocycles. The summed E-state index contributed by atoms with van der Waals surface area (Å²) in [5.74, 6) is 0. The number of anilines is 1. The average molecular weight is 253 g/mol. The molecule has 1 aromatic carbocycles. The fourth-order valence-corrected chi connectivity index (χ4v) is 2.11. The van der Waals surface area contributed by atoms with Crippen molar-refractivity contribution in [3.63, 3.8) is 0 Å². The van der Waals surface area contributed by atoms with Crippen LogP contribution in [0.15, 0.2) is 53.6 Å². The van der Waals surface area contributed by atoms with Gasteiger partial charge in [0.25, 0.3) is 0 Å². The van der Waals surface area contributed by atoms with E-state index < -0.39 is 0 Å². The van der Waals surface area contributed by atoms with Gasteiger partial charge >= 0.3 is 0 Å². The molecule has 3 aromatic rings. The van der Waals surface area contributed by atoms with E-state index in [4.69, 9.17) is 0 Å². The highest BCUT2D eigenvalue weighted by molar-refractivity contribution is 5.79. The van der Waals surface area contributed by atoms with Crippen molar-refractivity contribution in [1.29, 1.82) is 0 Å². The van der Waals surface area contributed by atoms with Crippen LogP contribution in [0.2, 0.25) is 0 Å². The standard InChI is InChI=1S/C15H15N3O/c1-18-10-13(4-5-15(18)19)17-9-11-2-3-12-6-7-16-14(12)8-11/h2-8,10,16-17H,9H2,1H3. The summed E-state index contributed by atoms with van der Waals surface area (Å²) in [5, 5.41) is 4.53. The number of nitrogens with one attached hydrogen (secondary N) is 2. The Bertz CT molecular complexity index is 770. The van der Waals surface area contributed by atoms with Crippen molar-refractivity contribution >= 4 is 16.6 Å². The van der Waals surface area contributed by atoms with Crippen LogP contribution >= 0.6 is 0 Å². The van der Waals surface area contributed by atoms with E-state index in [1.807, 2.05) is 6.20 Å². The first kappa shape index (κ1) is 11.6. The molecule has 4 heteroatoms. The van der Waals surface area contributed by atoms with Gasteiger partial charge in [-0.2, -0.15) is 0 Å². The number of fused-ring (bicyclic) bond motifs is 1. The van der Waals surface area contributed by atoms with Crippen LogP contribution < -0.4 is 10.9 Å². The van der Waals surface area contributed by atoms with Crippen molar-refractivity contribution in [2.24, 2.45) is 7.05 Å². The van der Waals surface area contributed by atoms with Gasteiger partial charge in [0.15, 0.2) is 0 Å². The molecule has 3 rings (SSSR count). The van der Waals surface area contributed by atoms with Crippen LogP contribution in [0.1, 0.15) is 5.56 Å². The minimum atomic E-state index is -0.00152. The molecule has 0 bridgehead atoms. The molecule has 0 unspecified atom stereocenters. The number of rotatable bonds is 3. The van der Waals surface area contributed by atoms with Crippen LogP contribution in [0.25, 0.3) is 10.9 Å². The van der Waals surface area contributed by atoms with E-state index in [1.165, 1.54) is 10.9 Å². The molecule has 0 amide bonds. The van der Waals surface area contributed by atoms with E-state index in [2.05, 4.69) is 34.6 Å². The first-order valence-corrected chi connectivity index (χ1v) is 6.19. The van der Waals surface area contributed by atoms with Crippen LogP contribution in [-0.4, -0.2) is 9.55 Å². The van der Waals surface area contributed by atoms with Gasteiger partial charge in [-0.1, -0.05) is 12.1 Å². The Morgan fingerprint density at radius 2 is 2.11 bits per heavy atom. The highest BCUT2D eigenvalue weighted by atomic mass is 16.1. The summed E-state index contributed by atoms with van der Waals surface area (Å²) in [5.41, 5.74) is 3.27. The van der Waals surface area contributed by atoms with Gasteiger partial charge in [0, 0.05) is 37.6 Å². The fourth-order valence-electron chi connectivity index (χ4n) is 2.11. The number of aryl methyl sites for hydroxylation is 1. The predicted octanol–water partition coefficient (Wildman–Crippen LogP) is 2.48. The molecule has 0 aliphatic rings. The molecular formula is C15H15N3O. The van der Waals surface area contributed by atoms with Crippen molar-refractivity contribution in [2.45, 2.75) is 6.54 Å². The maximum Gasteiger partial charge on any atom is 0.250 e. The lowest BCUT2D eigenvalue weighted by Gasteiger charge is -2.08. The van der Waals surface area contributed by atoms with Crippen LogP contribution in [0.4, 0.5) is 5.69 Å². The monoisotopic (exact) mass is 253 g/mol. The van der Waals surface area contributed by atoms with Crippen molar-refractivity contribution in [1.82, 2.24) is 9.55 Å². The number of aromatic amines is 1. The molecule has 0 aliphatic carbocycles. The third kappa shape index (κ3) is 2.38. The lowest BCUT2D eigenvalue weighted by molar-refractivity contribution is 0.859. The van der Waals surface area contributed by atoms with Gasteiger partial charge in [0.05, 0.1) is 5.69 Å². The number of hydrogen-bond acceptors (Lipinski definition) is 2. The maximum absolute atomic E-state index is 11.3. The van der Waals surface area contributed by atoms with Gasteiger partial charge in [0.2, 0.25) is 5.56 Å².